The molecule has 24 heavy (non-hydrogen) atoms. The molecule has 0 bridgehead atoms. The predicted octanol–water partition coefficient (Wildman–Crippen LogP) is 2.78. The molecule has 7 nitrogen and oxygen atoms in total. The molecule has 0 radical (unpaired) electrons. The number of hydrogen-bond acceptors (Lipinski definition) is 7. The molecule has 0 unspecified atom stereocenters. The average Bonchev–Trinajstić information content (AvgIpc) is 3.04. The first-order valence-electron chi connectivity index (χ1n) is 6.36. The average molecular weight is 387 g/mol. The Bertz CT molecular complexity index is 888. The smallest absolute Gasteiger partial charge is 0.328 e. The van der Waals surface area contributed by atoms with Crippen LogP contribution < -0.4 is 4.72 Å². The third kappa shape index (κ3) is 3.83. The highest BCUT2D eigenvalue weighted by molar-refractivity contribution is 7.99. The molecule has 0 saturated heterocycles. The van der Waals surface area contributed by atoms with Crippen LogP contribution in [0.4, 0.5) is 5.69 Å². The molecule has 1 aromatic heterocycles. The second-order valence-corrected chi connectivity index (χ2v) is 8.12. The molecular formula is C14H13NO6S3. The van der Waals surface area contributed by atoms with Crippen molar-refractivity contribution in [1.29, 1.82) is 0 Å². The molecular weight excluding hydrogens is 374 g/mol. The van der Waals surface area contributed by atoms with Crippen LogP contribution in [0.25, 0.3) is 6.08 Å². The fourth-order valence-corrected chi connectivity index (χ4v) is 4.71. The summed E-state index contributed by atoms with van der Waals surface area (Å²) >= 11 is 2.12. The number of anilines is 1. The van der Waals surface area contributed by atoms with Gasteiger partial charge in [0.2, 0.25) is 0 Å². The number of carboxylic acids is 1. The van der Waals surface area contributed by atoms with Crippen molar-refractivity contribution in [1.82, 2.24) is 0 Å². The number of aliphatic carboxylic acids is 1. The fourth-order valence-electron chi connectivity index (χ4n) is 1.88. The van der Waals surface area contributed by atoms with Crippen molar-refractivity contribution in [2.45, 2.75) is 9.10 Å². The van der Waals surface area contributed by atoms with Gasteiger partial charge in [0.25, 0.3) is 10.0 Å². The number of sulfonamides is 1. The van der Waals surface area contributed by atoms with Gasteiger partial charge in [0.05, 0.1) is 5.69 Å². The van der Waals surface area contributed by atoms with Crippen LogP contribution >= 0.6 is 23.1 Å². The van der Waals surface area contributed by atoms with Crippen molar-refractivity contribution in [3.63, 3.8) is 0 Å². The van der Waals surface area contributed by atoms with Crippen LogP contribution in [0, 0.1) is 0 Å². The van der Waals surface area contributed by atoms with Gasteiger partial charge in [0, 0.05) is 22.6 Å². The number of rotatable bonds is 6. The van der Waals surface area contributed by atoms with Gasteiger partial charge in [-0.2, -0.15) is 0 Å². The maximum absolute atomic E-state index is 12.3. The van der Waals surface area contributed by atoms with Crippen LogP contribution in [0.15, 0.2) is 38.8 Å². The zero-order valence-corrected chi connectivity index (χ0v) is 14.7. The van der Waals surface area contributed by atoms with Crippen LogP contribution in [-0.4, -0.2) is 36.0 Å². The zero-order chi connectivity index (χ0) is 17.9. The van der Waals surface area contributed by atoms with Gasteiger partial charge in [-0.05, 0) is 23.8 Å². The molecule has 2 aromatic rings. The highest BCUT2D eigenvalue weighted by Gasteiger charge is 2.21. The van der Waals surface area contributed by atoms with Crippen molar-refractivity contribution in [2.24, 2.45) is 0 Å². The van der Waals surface area contributed by atoms with E-state index in [9.17, 15) is 23.4 Å². The lowest BCUT2D eigenvalue weighted by Crippen LogP contribution is -2.12. The van der Waals surface area contributed by atoms with E-state index < -0.39 is 27.5 Å². The van der Waals surface area contributed by atoms with Gasteiger partial charge in [-0.15, -0.1) is 23.1 Å². The molecule has 0 atom stereocenters. The lowest BCUT2D eigenvalue weighted by Gasteiger charge is -2.15. The number of thioether (sulfide) groups is 1. The second-order valence-electron chi connectivity index (χ2n) is 4.45. The topological polar surface area (TPSA) is 124 Å². The number of carboxylic acid groups (broad SMARTS) is 1. The number of thiophene rings is 1. The van der Waals surface area contributed by atoms with Gasteiger partial charge < -0.3 is 15.3 Å². The van der Waals surface area contributed by atoms with Gasteiger partial charge in [-0.3, -0.25) is 4.72 Å². The summed E-state index contributed by atoms with van der Waals surface area (Å²) in [5.74, 6) is -2.34. The zero-order valence-electron chi connectivity index (χ0n) is 12.3. The molecule has 128 valence electrons. The van der Waals surface area contributed by atoms with Gasteiger partial charge in [-0.1, -0.05) is 6.07 Å². The summed E-state index contributed by atoms with van der Waals surface area (Å²) in [6.45, 7) is 0. The number of aromatic hydroxyl groups is 2. The molecule has 0 aliphatic carbocycles. The number of carbonyl (C=O) groups is 1. The fraction of sp³-hybridized carbons (Fsp3) is 0.0714. The maximum Gasteiger partial charge on any atom is 0.328 e. The SMILES string of the molecule is CSc1c(NS(=O)(=O)c2cccs2)cc(O)c(O)c1/C=C/C(=O)O. The largest absolute Gasteiger partial charge is 0.504 e. The van der Waals surface area contributed by atoms with Crippen LogP contribution in [0.1, 0.15) is 5.56 Å². The van der Waals surface area contributed by atoms with E-state index in [1.807, 2.05) is 0 Å². The first kappa shape index (κ1) is 18.2. The molecule has 2 rings (SSSR count). The minimum atomic E-state index is -3.86. The second kappa shape index (κ2) is 7.16. The Morgan fingerprint density at radius 3 is 2.62 bits per heavy atom. The number of hydrogen-bond donors (Lipinski definition) is 4. The molecule has 0 amide bonds. The molecule has 10 heteroatoms. The van der Waals surface area contributed by atoms with Crippen LogP contribution in [0.3, 0.4) is 0 Å². The van der Waals surface area contributed by atoms with Crippen molar-refractivity contribution in [3.8, 4) is 11.5 Å². The predicted molar refractivity (Wildman–Crippen MR) is 93.3 cm³/mol. The molecule has 0 aliphatic rings. The van der Waals surface area contributed by atoms with Crippen molar-refractivity contribution >= 4 is 50.9 Å². The van der Waals surface area contributed by atoms with Crippen molar-refractivity contribution in [3.05, 3.63) is 35.2 Å². The Hall–Kier alpha value is -2.17. The minimum absolute atomic E-state index is 0.00813. The van der Waals surface area contributed by atoms with Crippen molar-refractivity contribution in [2.75, 3.05) is 11.0 Å². The highest BCUT2D eigenvalue weighted by atomic mass is 32.2. The minimum Gasteiger partial charge on any atom is -0.504 e. The lowest BCUT2D eigenvalue weighted by atomic mass is 10.1. The third-order valence-corrected chi connectivity index (χ3v) is 6.48. The number of phenols is 2. The first-order valence-corrected chi connectivity index (χ1v) is 9.95. The summed E-state index contributed by atoms with van der Waals surface area (Å²) in [4.78, 5) is 11.0. The van der Waals surface area contributed by atoms with E-state index in [2.05, 4.69) is 4.72 Å². The molecule has 1 aromatic carbocycles. The highest BCUT2D eigenvalue weighted by Crippen LogP contribution is 2.42. The van der Waals surface area contributed by atoms with E-state index in [1.54, 1.807) is 17.7 Å². The quantitative estimate of drug-likeness (QED) is 0.260. The lowest BCUT2D eigenvalue weighted by molar-refractivity contribution is -0.131. The summed E-state index contributed by atoms with van der Waals surface area (Å²) in [5, 5.41) is 30.1. The Morgan fingerprint density at radius 2 is 2.08 bits per heavy atom. The van der Waals surface area contributed by atoms with Crippen LogP contribution in [0.2, 0.25) is 0 Å². The van der Waals surface area contributed by atoms with Gasteiger partial charge in [0.15, 0.2) is 11.5 Å². The summed E-state index contributed by atoms with van der Waals surface area (Å²) in [6.07, 6.45) is 3.50. The normalized spacial score (nSPS) is 11.7. The van der Waals surface area contributed by atoms with E-state index in [-0.39, 0.29) is 20.4 Å². The molecule has 0 saturated carbocycles. The van der Waals surface area contributed by atoms with Crippen LogP contribution in [-0.2, 0) is 14.8 Å². The van der Waals surface area contributed by atoms with Crippen molar-refractivity contribution < 1.29 is 28.5 Å². The Kier molecular flexibility index (Phi) is 5.42. The molecule has 1 heterocycles. The molecule has 0 aliphatic heterocycles. The van der Waals surface area contributed by atoms with E-state index >= 15 is 0 Å². The van der Waals surface area contributed by atoms with E-state index in [4.69, 9.17) is 5.11 Å². The standard InChI is InChI=1S/C14H13NO6S3/c1-22-14-8(4-5-11(17)18)13(19)10(16)7-9(14)15-24(20,21)12-3-2-6-23-12/h2-7,15-16,19H,1H3,(H,17,18)/b5-4+. The first-order chi connectivity index (χ1) is 11.3. The van der Waals surface area contributed by atoms with E-state index in [0.717, 1.165) is 41.3 Å². The molecule has 0 fully saturated rings. The maximum atomic E-state index is 12.3. The summed E-state index contributed by atoms with van der Waals surface area (Å²) in [6, 6.07) is 4.09. The Morgan fingerprint density at radius 1 is 1.38 bits per heavy atom. The van der Waals surface area contributed by atoms with Gasteiger partial charge in [-0.25, -0.2) is 13.2 Å². The van der Waals surface area contributed by atoms with E-state index in [0.29, 0.717) is 0 Å². The van der Waals surface area contributed by atoms with Gasteiger partial charge >= 0.3 is 5.97 Å². The monoisotopic (exact) mass is 387 g/mol. The summed E-state index contributed by atoms with van der Waals surface area (Å²) in [7, 11) is -3.86. The Balaban J connectivity index is 2.56. The van der Waals surface area contributed by atoms with Gasteiger partial charge in [0.1, 0.15) is 4.21 Å². The Labute approximate surface area is 146 Å². The summed E-state index contributed by atoms with van der Waals surface area (Å²) < 4.78 is 27.1. The molecule has 0 spiro atoms. The number of nitrogens with one attached hydrogen (secondary N) is 1. The number of phenolic OH excluding ortho intramolecular Hbond substituents is 2. The molecule has 4 N–H and O–H groups in total. The summed E-state index contributed by atoms with van der Waals surface area (Å²) in [5.41, 5.74) is 0.0463. The third-order valence-electron chi connectivity index (χ3n) is 2.87. The van der Waals surface area contributed by atoms with Crippen LogP contribution in [0.5, 0.6) is 11.5 Å². The van der Waals surface area contributed by atoms with E-state index in [1.165, 1.54) is 6.07 Å². The number of benzene rings is 1.